The Labute approximate surface area is 211 Å². The molecule has 0 aliphatic rings. The van der Waals surface area contributed by atoms with Crippen molar-refractivity contribution in [1.29, 1.82) is 0 Å². The first-order chi connectivity index (χ1) is 18.2. The summed E-state index contributed by atoms with van der Waals surface area (Å²) in [6, 6.07) is 29.8. The van der Waals surface area contributed by atoms with Gasteiger partial charge in [0.1, 0.15) is 24.4 Å². The number of ether oxygens (including phenoxy) is 2. The fourth-order valence-corrected chi connectivity index (χ4v) is 4.23. The van der Waals surface area contributed by atoms with Gasteiger partial charge in [-0.05, 0) is 47.5 Å². The average Bonchev–Trinajstić information content (AvgIpc) is 3.43. The first-order valence-electron chi connectivity index (χ1n) is 11.8. The highest BCUT2D eigenvalue weighted by Crippen LogP contribution is 2.38. The standard InChI is InChI=1S/C31H22O6/c32-28-24-12-14-25-23(15-16-34-25)31(24)37-30(29(28)33)22-11-13-26(35-18-20-7-3-1-4-8-20)27(17-22)36-19-21-9-5-2-6-10-21/h1-17,33H,18-19H2. The van der Waals surface area contributed by atoms with Crippen molar-refractivity contribution in [2.45, 2.75) is 13.2 Å². The van der Waals surface area contributed by atoms with Gasteiger partial charge in [0.05, 0.1) is 17.0 Å². The summed E-state index contributed by atoms with van der Waals surface area (Å²) in [5.74, 6) is 0.567. The highest BCUT2D eigenvalue weighted by molar-refractivity contribution is 6.02. The number of fused-ring (bicyclic) bond motifs is 3. The lowest BCUT2D eigenvalue weighted by molar-refractivity contribution is 0.256. The van der Waals surface area contributed by atoms with E-state index >= 15 is 0 Å². The van der Waals surface area contributed by atoms with Crippen molar-refractivity contribution in [3.8, 4) is 28.6 Å². The molecule has 2 aromatic heterocycles. The molecule has 6 nitrogen and oxygen atoms in total. The molecular formula is C31H22O6. The Kier molecular flexibility index (Phi) is 5.83. The molecular weight excluding hydrogens is 468 g/mol. The fourth-order valence-electron chi connectivity index (χ4n) is 4.23. The van der Waals surface area contributed by atoms with Crippen LogP contribution in [0.2, 0.25) is 0 Å². The Morgan fingerprint density at radius 2 is 1.38 bits per heavy atom. The van der Waals surface area contributed by atoms with Gasteiger partial charge in [-0.25, -0.2) is 0 Å². The molecule has 0 unspecified atom stereocenters. The van der Waals surface area contributed by atoms with Crippen molar-refractivity contribution < 1.29 is 23.4 Å². The molecule has 0 aliphatic carbocycles. The van der Waals surface area contributed by atoms with E-state index in [2.05, 4.69) is 0 Å². The minimum Gasteiger partial charge on any atom is -0.502 e. The van der Waals surface area contributed by atoms with Crippen molar-refractivity contribution >= 4 is 21.9 Å². The number of hydrogen-bond acceptors (Lipinski definition) is 6. The van der Waals surface area contributed by atoms with Crippen LogP contribution in [0.25, 0.3) is 33.3 Å². The minimum atomic E-state index is -0.518. The van der Waals surface area contributed by atoms with Gasteiger partial charge in [0.15, 0.2) is 17.3 Å². The first kappa shape index (κ1) is 22.5. The number of aromatic hydroxyl groups is 1. The third-order valence-electron chi connectivity index (χ3n) is 6.14. The molecule has 0 saturated carbocycles. The third-order valence-corrected chi connectivity index (χ3v) is 6.14. The van der Waals surface area contributed by atoms with E-state index in [0.29, 0.717) is 46.8 Å². The van der Waals surface area contributed by atoms with Gasteiger partial charge in [0, 0.05) is 5.56 Å². The summed E-state index contributed by atoms with van der Waals surface area (Å²) in [6.07, 6.45) is 1.53. The van der Waals surface area contributed by atoms with E-state index < -0.39 is 11.2 Å². The molecule has 0 saturated heterocycles. The molecule has 1 N–H and O–H groups in total. The summed E-state index contributed by atoms with van der Waals surface area (Å²) >= 11 is 0. The maximum atomic E-state index is 13.0. The van der Waals surface area contributed by atoms with Crippen LogP contribution in [-0.2, 0) is 13.2 Å². The second-order valence-corrected chi connectivity index (χ2v) is 8.59. The van der Waals surface area contributed by atoms with Crippen LogP contribution in [-0.4, -0.2) is 5.11 Å². The van der Waals surface area contributed by atoms with Crippen molar-refractivity contribution in [2.24, 2.45) is 0 Å². The number of benzene rings is 4. The molecule has 6 rings (SSSR count). The molecule has 0 aliphatic heterocycles. The lowest BCUT2D eigenvalue weighted by Crippen LogP contribution is -2.03. The largest absolute Gasteiger partial charge is 0.502 e. The van der Waals surface area contributed by atoms with E-state index in [9.17, 15) is 9.90 Å². The van der Waals surface area contributed by atoms with Crippen LogP contribution in [0, 0.1) is 0 Å². The van der Waals surface area contributed by atoms with Crippen molar-refractivity contribution in [1.82, 2.24) is 0 Å². The van der Waals surface area contributed by atoms with Gasteiger partial charge in [-0.1, -0.05) is 60.7 Å². The van der Waals surface area contributed by atoms with E-state index in [1.807, 2.05) is 60.7 Å². The molecule has 37 heavy (non-hydrogen) atoms. The van der Waals surface area contributed by atoms with Crippen LogP contribution >= 0.6 is 0 Å². The first-order valence-corrected chi connectivity index (χ1v) is 11.8. The predicted octanol–water partition coefficient (Wildman–Crippen LogP) is 7.07. The Hall–Kier alpha value is -4.97. The van der Waals surface area contributed by atoms with E-state index in [4.69, 9.17) is 18.3 Å². The van der Waals surface area contributed by atoms with Crippen LogP contribution < -0.4 is 14.9 Å². The number of hydrogen-bond donors (Lipinski definition) is 1. The van der Waals surface area contributed by atoms with Crippen LogP contribution in [0.4, 0.5) is 0 Å². The van der Waals surface area contributed by atoms with E-state index in [1.54, 1.807) is 36.4 Å². The molecule has 2 heterocycles. The van der Waals surface area contributed by atoms with Gasteiger partial charge in [0.2, 0.25) is 11.2 Å². The zero-order chi connectivity index (χ0) is 25.2. The normalized spacial score (nSPS) is 11.1. The van der Waals surface area contributed by atoms with Gasteiger partial charge in [-0.2, -0.15) is 0 Å². The summed E-state index contributed by atoms with van der Waals surface area (Å²) < 4.78 is 23.8. The maximum Gasteiger partial charge on any atom is 0.235 e. The van der Waals surface area contributed by atoms with E-state index in [1.165, 1.54) is 6.26 Å². The second kappa shape index (κ2) is 9.59. The molecule has 0 atom stereocenters. The topological polar surface area (TPSA) is 82.0 Å². The Morgan fingerprint density at radius 3 is 2.08 bits per heavy atom. The van der Waals surface area contributed by atoms with Crippen molar-refractivity contribution in [3.63, 3.8) is 0 Å². The molecule has 4 aromatic carbocycles. The molecule has 0 spiro atoms. The maximum absolute atomic E-state index is 13.0. The molecule has 6 aromatic rings. The highest BCUT2D eigenvalue weighted by atomic mass is 16.5. The van der Waals surface area contributed by atoms with Crippen LogP contribution in [0.5, 0.6) is 17.2 Å². The van der Waals surface area contributed by atoms with E-state index in [0.717, 1.165) is 11.1 Å². The summed E-state index contributed by atoms with van der Waals surface area (Å²) in [5, 5.41) is 11.7. The molecule has 0 amide bonds. The summed E-state index contributed by atoms with van der Waals surface area (Å²) in [5.41, 5.74) is 2.90. The van der Waals surface area contributed by atoms with E-state index in [-0.39, 0.29) is 11.1 Å². The average molecular weight is 491 g/mol. The lowest BCUT2D eigenvalue weighted by Gasteiger charge is -2.15. The second-order valence-electron chi connectivity index (χ2n) is 8.59. The van der Waals surface area contributed by atoms with Crippen molar-refractivity contribution in [2.75, 3.05) is 0 Å². The van der Waals surface area contributed by atoms with Gasteiger partial charge < -0.3 is 23.4 Å². The highest BCUT2D eigenvalue weighted by Gasteiger charge is 2.19. The number of furan rings is 1. The number of rotatable bonds is 7. The Bertz CT molecular complexity index is 1750. The smallest absolute Gasteiger partial charge is 0.235 e. The zero-order valence-electron chi connectivity index (χ0n) is 19.7. The molecule has 6 heteroatoms. The van der Waals surface area contributed by atoms with Gasteiger partial charge >= 0.3 is 0 Å². The third kappa shape index (κ3) is 4.41. The molecule has 0 radical (unpaired) electrons. The van der Waals surface area contributed by atoms with Crippen LogP contribution in [0.3, 0.4) is 0 Å². The quantitative estimate of drug-likeness (QED) is 0.258. The minimum absolute atomic E-state index is 0.0466. The van der Waals surface area contributed by atoms with Crippen LogP contribution in [0.15, 0.2) is 117 Å². The van der Waals surface area contributed by atoms with Gasteiger partial charge in [-0.3, -0.25) is 4.79 Å². The Balaban J connectivity index is 1.42. The fraction of sp³-hybridized carbons (Fsp3) is 0.0645. The molecule has 0 fully saturated rings. The van der Waals surface area contributed by atoms with Gasteiger partial charge in [-0.15, -0.1) is 0 Å². The predicted molar refractivity (Wildman–Crippen MR) is 141 cm³/mol. The van der Waals surface area contributed by atoms with Gasteiger partial charge in [0.25, 0.3) is 0 Å². The lowest BCUT2D eigenvalue weighted by atomic mass is 10.1. The molecule has 0 bridgehead atoms. The summed E-state index contributed by atoms with van der Waals surface area (Å²) in [7, 11) is 0. The SMILES string of the molecule is O=c1c(O)c(-c2ccc(OCc3ccccc3)c(OCc3ccccc3)c2)oc2c1ccc1occc12. The van der Waals surface area contributed by atoms with Crippen LogP contribution in [0.1, 0.15) is 11.1 Å². The zero-order valence-corrected chi connectivity index (χ0v) is 19.7. The van der Waals surface area contributed by atoms with Crippen molar-refractivity contribution in [3.05, 3.63) is 125 Å². The monoisotopic (exact) mass is 490 g/mol. The summed E-state index contributed by atoms with van der Waals surface area (Å²) in [4.78, 5) is 13.0. The summed E-state index contributed by atoms with van der Waals surface area (Å²) in [6.45, 7) is 0.673. The molecule has 182 valence electrons. The Morgan fingerprint density at radius 1 is 0.703 bits per heavy atom.